The number of hydrogen-bond donors (Lipinski definition) is 1. The number of piperidine rings is 1. The minimum Gasteiger partial charge on any atom is -0.331 e. The van der Waals surface area contributed by atoms with Crippen molar-refractivity contribution in [3.8, 4) is 0 Å². The van der Waals surface area contributed by atoms with Gasteiger partial charge < -0.3 is 10.2 Å². The maximum Gasteiger partial charge on any atom is 0.313 e. The van der Waals surface area contributed by atoms with Crippen molar-refractivity contribution in [2.75, 3.05) is 11.9 Å². The minimum absolute atomic E-state index is 0.196. The summed E-state index contributed by atoms with van der Waals surface area (Å²) in [4.78, 5) is 26.2. The van der Waals surface area contributed by atoms with E-state index in [0.29, 0.717) is 12.2 Å². The Labute approximate surface area is 134 Å². The molecule has 1 saturated heterocycles. The normalized spacial score (nSPS) is 18.4. The molecule has 4 nitrogen and oxygen atoms in total. The highest BCUT2D eigenvalue weighted by Gasteiger charge is 2.29. The van der Waals surface area contributed by atoms with E-state index in [4.69, 9.17) is 0 Å². The SMILES string of the molecule is CCC1CCCCN1C(=O)C(=O)Nc1ccc(C)c(Br)c1. The zero-order valence-corrected chi connectivity index (χ0v) is 14.1. The molecule has 0 bridgehead atoms. The number of aryl methyl sites for hydroxylation is 1. The zero-order valence-electron chi connectivity index (χ0n) is 12.5. The van der Waals surface area contributed by atoms with Crippen molar-refractivity contribution in [3.63, 3.8) is 0 Å². The zero-order chi connectivity index (χ0) is 15.4. The average molecular weight is 353 g/mol. The van der Waals surface area contributed by atoms with Gasteiger partial charge in [0.05, 0.1) is 0 Å². The maximum atomic E-state index is 12.3. The summed E-state index contributed by atoms with van der Waals surface area (Å²) < 4.78 is 0.914. The van der Waals surface area contributed by atoms with E-state index >= 15 is 0 Å². The number of anilines is 1. The monoisotopic (exact) mass is 352 g/mol. The Morgan fingerprint density at radius 1 is 1.38 bits per heavy atom. The first kappa shape index (κ1) is 16.0. The van der Waals surface area contributed by atoms with E-state index in [-0.39, 0.29) is 6.04 Å². The second kappa shape index (κ2) is 7.07. The van der Waals surface area contributed by atoms with Gasteiger partial charge >= 0.3 is 11.8 Å². The van der Waals surface area contributed by atoms with Gasteiger partial charge in [0.1, 0.15) is 0 Å². The Morgan fingerprint density at radius 3 is 2.81 bits per heavy atom. The Balaban J connectivity index is 2.04. The standard InChI is InChI=1S/C16H21BrN2O2/c1-3-13-6-4-5-9-19(13)16(21)15(20)18-12-8-7-11(2)14(17)10-12/h7-8,10,13H,3-6,9H2,1-2H3,(H,18,20). The number of nitrogens with one attached hydrogen (secondary N) is 1. The summed E-state index contributed by atoms with van der Waals surface area (Å²) in [6.07, 6.45) is 4.00. The van der Waals surface area contributed by atoms with Crippen LogP contribution in [0.3, 0.4) is 0 Å². The van der Waals surface area contributed by atoms with Gasteiger partial charge in [-0.05, 0) is 50.3 Å². The molecule has 0 aromatic heterocycles. The third-order valence-corrected chi connectivity index (χ3v) is 4.84. The summed E-state index contributed by atoms with van der Waals surface area (Å²) in [5.41, 5.74) is 1.72. The van der Waals surface area contributed by atoms with Crippen molar-refractivity contribution < 1.29 is 9.59 Å². The highest BCUT2D eigenvalue weighted by atomic mass is 79.9. The second-order valence-corrected chi connectivity index (χ2v) is 6.33. The molecule has 114 valence electrons. The highest BCUT2D eigenvalue weighted by Crippen LogP contribution is 2.22. The summed E-state index contributed by atoms with van der Waals surface area (Å²) in [6, 6.07) is 5.72. The molecule has 1 aromatic rings. The maximum absolute atomic E-state index is 12.3. The fraction of sp³-hybridized carbons (Fsp3) is 0.500. The number of carbonyl (C=O) groups is 2. The molecule has 1 aliphatic rings. The van der Waals surface area contributed by atoms with Gasteiger partial charge in [0, 0.05) is 22.7 Å². The van der Waals surface area contributed by atoms with Crippen LogP contribution in [0, 0.1) is 6.92 Å². The van der Waals surface area contributed by atoms with E-state index < -0.39 is 11.8 Å². The smallest absolute Gasteiger partial charge is 0.313 e. The fourth-order valence-corrected chi connectivity index (χ4v) is 3.06. The van der Waals surface area contributed by atoms with Crippen molar-refractivity contribution in [1.29, 1.82) is 0 Å². The Morgan fingerprint density at radius 2 is 2.14 bits per heavy atom. The van der Waals surface area contributed by atoms with Gasteiger partial charge in [0.15, 0.2) is 0 Å². The minimum atomic E-state index is -0.550. The van der Waals surface area contributed by atoms with Crippen molar-refractivity contribution in [2.45, 2.75) is 45.6 Å². The van der Waals surface area contributed by atoms with E-state index in [0.717, 1.165) is 35.7 Å². The van der Waals surface area contributed by atoms with E-state index in [2.05, 4.69) is 28.2 Å². The first-order valence-corrected chi connectivity index (χ1v) is 8.20. The molecular formula is C16H21BrN2O2. The van der Waals surface area contributed by atoms with Crippen LogP contribution in [0.5, 0.6) is 0 Å². The van der Waals surface area contributed by atoms with Gasteiger partial charge in [-0.1, -0.05) is 28.9 Å². The van der Waals surface area contributed by atoms with Crippen molar-refractivity contribution >= 4 is 33.4 Å². The lowest BCUT2D eigenvalue weighted by Gasteiger charge is -2.34. The number of rotatable bonds is 2. The van der Waals surface area contributed by atoms with Crippen LogP contribution in [0.2, 0.25) is 0 Å². The molecule has 0 radical (unpaired) electrons. The van der Waals surface area contributed by atoms with E-state index in [9.17, 15) is 9.59 Å². The lowest BCUT2D eigenvalue weighted by atomic mass is 10.00. The van der Waals surface area contributed by atoms with Gasteiger partial charge in [-0.2, -0.15) is 0 Å². The van der Waals surface area contributed by atoms with Crippen molar-refractivity contribution in [2.24, 2.45) is 0 Å². The lowest BCUT2D eigenvalue weighted by Crippen LogP contribution is -2.48. The average Bonchev–Trinajstić information content (AvgIpc) is 2.50. The van der Waals surface area contributed by atoms with Crippen molar-refractivity contribution in [3.05, 3.63) is 28.2 Å². The van der Waals surface area contributed by atoms with Gasteiger partial charge in [-0.3, -0.25) is 9.59 Å². The number of amides is 2. The number of likely N-dealkylation sites (tertiary alicyclic amines) is 1. The summed E-state index contributed by atoms with van der Waals surface area (Å²) in [5.74, 6) is -0.968. The van der Waals surface area contributed by atoms with Crippen LogP contribution in [0.25, 0.3) is 0 Å². The predicted octanol–water partition coefficient (Wildman–Crippen LogP) is 3.49. The molecule has 1 unspecified atom stereocenters. The topological polar surface area (TPSA) is 49.4 Å². The molecule has 1 atom stereocenters. The first-order valence-electron chi connectivity index (χ1n) is 7.41. The van der Waals surface area contributed by atoms with Crippen LogP contribution < -0.4 is 5.32 Å². The molecule has 1 fully saturated rings. The Kier molecular flexibility index (Phi) is 5.39. The van der Waals surface area contributed by atoms with E-state index in [1.54, 1.807) is 11.0 Å². The molecule has 0 aliphatic carbocycles. The largest absolute Gasteiger partial charge is 0.331 e. The Bertz CT molecular complexity index is 545. The lowest BCUT2D eigenvalue weighted by molar-refractivity contribution is -0.145. The van der Waals surface area contributed by atoms with Gasteiger partial charge in [0.25, 0.3) is 0 Å². The third kappa shape index (κ3) is 3.84. The predicted molar refractivity (Wildman–Crippen MR) is 87.2 cm³/mol. The number of nitrogens with zero attached hydrogens (tertiary/aromatic N) is 1. The molecule has 0 spiro atoms. The fourth-order valence-electron chi connectivity index (χ4n) is 2.68. The van der Waals surface area contributed by atoms with Crippen LogP contribution in [0.15, 0.2) is 22.7 Å². The molecule has 0 saturated carbocycles. The number of carbonyl (C=O) groups excluding carboxylic acids is 2. The first-order chi connectivity index (χ1) is 10.0. The molecule has 1 aromatic carbocycles. The molecular weight excluding hydrogens is 332 g/mol. The van der Waals surface area contributed by atoms with Crippen LogP contribution >= 0.6 is 15.9 Å². The van der Waals surface area contributed by atoms with Gasteiger partial charge in [-0.25, -0.2) is 0 Å². The summed E-state index contributed by atoms with van der Waals surface area (Å²) in [7, 11) is 0. The van der Waals surface area contributed by atoms with Gasteiger partial charge in [0.2, 0.25) is 0 Å². The Hall–Kier alpha value is -1.36. The second-order valence-electron chi connectivity index (χ2n) is 5.47. The van der Waals surface area contributed by atoms with Gasteiger partial charge in [-0.15, -0.1) is 0 Å². The number of hydrogen-bond acceptors (Lipinski definition) is 2. The van der Waals surface area contributed by atoms with E-state index in [1.165, 1.54) is 0 Å². The highest BCUT2D eigenvalue weighted by molar-refractivity contribution is 9.10. The molecule has 5 heteroatoms. The molecule has 1 heterocycles. The third-order valence-electron chi connectivity index (χ3n) is 3.98. The number of halogens is 1. The van der Waals surface area contributed by atoms with Crippen LogP contribution in [-0.2, 0) is 9.59 Å². The summed E-state index contributed by atoms with van der Waals surface area (Å²) in [5, 5.41) is 2.69. The van der Waals surface area contributed by atoms with E-state index in [1.807, 2.05) is 19.1 Å². The molecule has 2 amide bonds. The van der Waals surface area contributed by atoms with Crippen LogP contribution in [0.4, 0.5) is 5.69 Å². The quantitative estimate of drug-likeness (QED) is 0.828. The summed E-state index contributed by atoms with van der Waals surface area (Å²) >= 11 is 3.42. The molecule has 1 N–H and O–H groups in total. The van der Waals surface area contributed by atoms with Crippen LogP contribution in [0.1, 0.15) is 38.2 Å². The van der Waals surface area contributed by atoms with Crippen molar-refractivity contribution in [1.82, 2.24) is 4.90 Å². The molecule has 2 rings (SSSR count). The van der Waals surface area contributed by atoms with Crippen LogP contribution in [-0.4, -0.2) is 29.3 Å². The summed E-state index contributed by atoms with van der Waals surface area (Å²) in [6.45, 7) is 4.72. The number of benzene rings is 1. The molecule has 1 aliphatic heterocycles. The molecule has 21 heavy (non-hydrogen) atoms.